The first-order valence-corrected chi connectivity index (χ1v) is 7.59. The van der Waals surface area contributed by atoms with Crippen LogP contribution in [0.1, 0.15) is 12.8 Å². The molecule has 105 valence electrons. The number of benzene rings is 1. The van der Waals surface area contributed by atoms with Crippen LogP contribution < -0.4 is 5.01 Å². The molecule has 0 aliphatic rings. The molecule has 1 atom stereocenters. The quantitative estimate of drug-likeness (QED) is 0.473. The molecule has 1 radical (unpaired) electrons. The average Bonchev–Trinajstić information content (AvgIpc) is 2.36. The molecule has 1 aromatic carbocycles. The molecule has 0 heterocycles. The first-order valence-electron chi connectivity index (χ1n) is 5.98. The summed E-state index contributed by atoms with van der Waals surface area (Å²) in [5.74, 6) is -0.348. The molecule has 0 aliphatic heterocycles. The summed E-state index contributed by atoms with van der Waals surface area (Å²) in [4.78, 5) is 0. The molecular weight excluding hydrogens is 264 g/mol. The van der Waals surface area contributed by atoms with Crippen LogP contribution in [0.2, 0.25) is 0 Å². The van der Waals surface area contributed by atoms with Gasteiger partial charge in [-0.15, -0.1) is 0 Å². The third kappa shape index (κ3) is 6.93. The van der Waals surface area contributed by atoms with Crippen molar-refractivity contribution in [3.05, 3.63) is 37.3 Å². The molecule has 0 amide bonds. The van der Waals surface area contributed by atoms with E-state index in [1.165, 1.54) is 0 Å². The molecule has 0 fully saturated rings. The monoisotopic (exact) mass is 283 g/mol. The molecule has 1 N–H and O–H groups in total. The van der Waals surface area contributed by atoms with Gasteiger partial charge in [0.1, 0.15) is 0 Å². The SMILES string of the molecule is [CH2]C(CC=NN(C)c1ccccc1)CCS(=O)(=O)O. The third-order valence-corrected chi connectivity index (χ3v) is 3.36. The van der Waals surface area contributed by atoms with Gasteiger partial charge in [0.05, 0.1) is 11.4 Å². The standard InChI is InChI=1S/C13H19N2O3S/c1-12(9-11-19(16,17)18)8-10-14-15(2)13-6-4-3-5-7-13/h3-7,10,12H,1,8-9,11H2,2H3,(H,16,17,18). The number of hydrogen-bond donors (Lipinski definition) is 1. The smallest absolute Gasteiger partial charge is 0.264 e. The molecule has 0 aromatic heterocycles. The van der Waals surface area contributed by atoms with Gasteiger partial charge in [-0.3, -0.25) is 9.56 Å². The molecule has 0 saturated heterocycles. The van der Waals surface area contributed by atoms with Crippen LogP contribution in [-0.4, -0.2) is 32.0 Å². The van der Waals surface area contributed by atoms with Gasteiger partial charge in [-0.25, -0.2) is 0 Å². The first-order chi connectivity index (χ1) is 8.88. The van der Waals surface area contributed by atoms with Crippen LogP contribution in [-0.2, 0) is 10.1 Å². The minimum atomic E-state index is -3.90. The maximum atomic E-state index is 10.6. The van der Waals surface area contributed by atoms with Crippen LogP contribution in [0.15, 0.2) is 35.4 Å². The van der Waals surface area contributed by atoms with Gasteiger partial charge in [-0.2, -0.15) is 13.5 Å². The van der Waals surface area contributed by atoms with Gasteiger partial charge in [0.25, 0.3) is 10.1 Å². The van der Waals surface area contributed by atoms with Gasteiger partial charge in [-0.1, -0.05) is 18.2 Å². The zero-order valence-corrected chi connectivity index (χ0v) is 11.8. The van der Waals surface area contributed by atoms with Gasteiger partial charge in [0, 0.05) is 13.3 Å². The lowest BCUT2D eigenvalue weighted by Crippen LogP contribution is -2.11. The lowest BCUT2D eigenvalue weighted by atomic mass is 10.1. The van der Waals surface area contributed by atoms with Crippen LogP contribution in [0.5, 0.6) is 0 Å². The second kappa shape index (κ2) is 7.25. The third-order valence-electron chi connectivity index (χ3n) is 2.61. The molecule has 1 rings (SSSR count). The van der Waals surface area contributed by atoms with E-state index in [-0.39, 0.29) is 11.7 Å². The fourth-order valence-electron chi connectivity index (χ4n) is 1.46. The molecular formula is C13H19N2O3S. The van der Waals surface area contributed by atoms with Crippen molar-refractivity contribution in [1.82, 2.24) is 0 Å². The Morgan fingerprint density at radius 2 is 2.05 bits per heavy atom. The number of rotatable bonds is 7. The molecule has 0 spiro atoms. The number of anilines is 1. The lowest BCUT2D eigenvalue weighted by molar-refractivity contribution is 0.476. The predicted molar refractivity (Wildman–Crippen MR) is 77.8 cm³/mol. The van der Waals surface area contributed by atoms with Gasteiger partial charge in [-0.05, 0) is 37.8 Å². The van der Waals surface area contributed by atoms with Crippen molar-refractivity contribution in [3.63, 3.8) is 0 Å². The molecule has 0 bridgehead atoms. The van der Waals surface area contributed by atoms with Crippen molar-refractivity contribution in [2.75, 3.05) is 17.8 Å². The normalized spacial score (nSPS) is 13.6. The van der Waals surface area contributed by atoms with E-state index in [1.807, 2.05) is 37.4 Å². The van der Waals surface area contributed by atoms with Crippen LogP contribution in [0.3, 0.4) is 0 Å². The summed E-state index contributed by atoms with van der Waals surface area (Å²) in [6.07, 6.45) is 2.58. The Balaban J connectivity index is 2.37. The Morgan fingerprint density at radius 3 is 2.63 bits per heavy atom. The number of para-hydroxylation sites is 1. The Kier molecular flexibility index (Phi) is 5.98. The van der Waals surface area contributed by atoms with E-state index in [0.717, 1.165) is 5.69 Å². The maximum absolute atomic E-state index is 10.6. The van der Waals surface area contributed by atoms with Crippen LogP contribution in [0.25, 0.3) is 0 Å². The topological polar surface area (TPSA) is 70.0 Å². The van der Waals surface area contributed by atoms with E-state index in [4.69, 9.17) is 4.55 Å². The summed E-state index contributed by atoms with van der Waals surface area (Å²) in [5, 5.41) is 5.97. The minimum absolute atomic E-state index is 0.0881. The minimum Gasteiger partial charge on any atom is -0.286 e. The largest absolute Gasteiger partial charge is 0.286 e. The molecule has 19 heavy (non-hydrogen) atoms. The number of nitrogens with zero attached hydrogens (tertiary/aromatic N) is 2. The summed E-state index contributed by atoms with van der Waals surface area (Å²) in [7, 11) is -2.06. The number of hydrogen-bond acceptors (Lipinski definition) is 4. The van der Waals surface area contributed by atoms with Crippen molar-refractivity contribution in [3.8, 4) is 0 Å². The Bertz CT molecular complexity index is 500. The van der Waals surface area contributed by atoms with Crippen molar-refractivity contribution in [2.45, 2.75) is 12.8 Å². The van der Waals surface area contributed by atoms with Crippen molar-refractivity contribution in [2.24, 2.45) is 11.0 Å². The Labute approximate surface area is 114 Å². The summed E-state index contributed by atoms with van der Waals surface area (Å²) in [6.45, 7) is 3.83. The summed E-state index contributed by atoms with van der Waals surface area (Å²) < 4.78 is 29.8. The van der Waals surface area contributed by atoms with Gasteiger partial charge < -0.3 is 0 Å². The first kappa shape index (κ1) is 15.7. The summed E-state index contributed by atoms with van der Waals surface area (Å²) in [6, 6.07) is 9.67. The van der Waals surface area contributed by atoms with Crippen molar-refractivity contribution >= 4 is 22.0 Å². The summed E-state index contributed by atoms with van der Waals surface area (Å²) in [5.41, 5.74) is 0.970. The van der Waals surface area contributed by atoms with E-state index >= 15 is 0 Å². The van der Waals surface area contributed by atoms with E-state index in [9.17, 15) is 8.42 Å². The second-order valence-electron chi connectivity index (χ2n) is 4.33. The molecule has 0 saturated carbocycles. The molecule has 1 aromatic rings. The fraction of sp³-hybridized carbons (Fsp3) is 0.385. The Morgan fingerprint density at radius 1 is 1.42 bits per heavy atom. The van der Waals surface area contributed by atoms with Crippen molar-refractivity contribution in [1.29, 1.82) is 0 Å². The predicted octanol–water partition coefficient (Wildman–Crippen LogP) is 2.23. The van der Waals surface area contributed by atoms with Gasteiger partial charge in [0.15, 0.2) is 0 Å². The highest BCUT2D eigenvalue weighted by Gasteiger charge is 2.08. The number of hydrazone groups is 1. The zero-order chi connectivity index (χ0) is 14.3. The van der Waals surface area contributed by atoms with Crippen molar-refractivity contribution < 1.29 is 13.0 Å². The Hall–Kier alpha value is -1.40. The fourth-order valence-corrected chi connectivity index (χ4v) is 2.09. The van der Waals surface area contributed by atoms with Crippen LogP contribution in [0.4, 0.5) is 5.69 Å². The molecule has 6 heteroatoms. The van der Waals surface area contributed by atoms with E-state index in [0.29, 0.717) is 12.8 Å². The second-order valence-corrected chi connectivity index (χ2v) is 5.91. The highest BCUT2D eigenvalue weighted by atomic mass is 32.2. The van der Waals surface area contributed by atoms with Gasteiger partial charge >= 0.3 is 0 Å². The van der Waals surface area contributed by atoms with Gasteiger partial charge in [0.2, 0.25) is 0 Å². The molecule has 5 nitrogen and oxygen atoms in total. The maximum Gasteiger partial charge on any atom is 0.264 e. The van der Waals surface area contributed by atoms with E-state index in [1.54, 1.807) is 11.2 Å². The van der Waals surface area contributed by atoms with Crippen LogP contribution >= 0.6 is 0 Å². The highest BCUT2D eigenvalue weighted by Crippen LogP contribution is 2.11. The lowest BCUT2D eigenvalue weighted by Gasteiger charge is -2.13. The average molecular weight is 283 g/mol. The highest BCUT2D eigenvalue weighted by molar-refractivity contribution is 7.85. The molecule has 1 unspecified atom stereocenters. The van der Waals surface area contributed by atoms with E-state index < -0.39 is 10.1 Å². The summed E-state index contributed by atoms with van der Waals surface area (Å²) >= 11 is 0. The molecule has 0 aliphatic carbocycles. The van der Waals surface area contributed by atoms with Crippen LogP contribution in [0, 0.1) is 12.8 Å². The zero-order valence-electron chi connectivity index (χ0n) is 10.9. The van der Waals surface area contributed by atoms with E-state index in [2.05, 4.69) is 12.0 Å².